The first kappa shape index (κ1) is 20.7. The molecule has 1 fully saturated rings. The predicted molar refractivity (Wildman–Crippen MR) is 116 cm³/mol. The summed E-state index contributed by atoms with van der Waals surface area (Å²) < 4.78 is 19.1. The molecule has 0 aliphatic carbocycles. The number of ketones is 1. The van der Waals surface area contributed by atoms with Crippen LogP contribution in [0, 0.1) is 5.82 Å². The lowest BCUT2D eigenvalue weighted by atomic mass is 9.95. The average molecular weight is 438 g/mol. The van der Waals surface area contributed by atoms with Crippen LogP contribution >= 0.6 is 11.3 Å². The van der Waals surface area contributed by atoms with Crippen LogP contribution in [0.5, 0.6) is 5.75 Å². The Morgan fingerprint density at radius 3 is 2.68 bits per heavy atom. The molecule has 1 unspecified atom stereocenters. The number of aliphatic hydroxyl groups excluding tert-OH is 1. The van der Waals surface area contributed by atoms with Crippen LogP contribution in [0.3, 0.4) is 0 Å². The fourth-order valence-corrected chi connectivity index (χ4v) is 4.10. The van der Waals surface area contributed by atoms with Crippen molar-refractivity contribution in [3.63, 3.8) is 0 Å². The number of halogens is 1. The van der Waals surface area contributed by atoms with Crippen molar-refractivity contribution in [2.75, 3.05) is 11.5 Å². The number of aromatic nitrogens is 1. The molecule has 1 aliphatic rings. The number of hydrogen-bond acceptors (Lipinski definition) is 6. The highest BCUT2D eigenvalue weighted by atomic mass is 32.1. The molecule has 2 aromatic carbocycles. The van der Waals surface area contributed by atoms with Gasteiger partial charge in [-0.3, -0.25) is 14.5 Å². The molecule has 0 radical (unpaired) electrons. The molecule has 8 heteroatoms. The van der Waals surface area contributed by atoms with Gasteiger partial charge in [-0.1, -0.05) is 31.2 Å². The van der Waals surface area contributed by atoms with E-state index in [4.69, 9.17) is 4.74 Å². The minimum absolute atomic E-state index is 0.0838. The van der Waals surface area contributed by atoms with E-state index in [0.717, 1.165) is 6.42 Å². The number of nitrogens with zero attached hydrogens (tertiary/aromatic N) is 2. The van der Waals surface area contributed by atoms with E-state index >= 15 is 0 Å². The van der Waals surface area contributed by atoms with Crippen LogP contribution in [0.2, 0.25) is 0 Å². The average Bonchev–Trinajstić information content (AvgIpc) is 3.39. The van der Waals surface area contributed by atoms with Gasteiger partial charge in [0.05, 0.1) is 18.2 Å². The molecular formula is C23H19FN2O4S. The van der Waals surface area contributed by atoms with E-state index in [1.54, 1.807) is 29.6 Å². The third-order valence-electron chi connectivity index (χ3n) is 4.84. The van der Waals surface area contributed by atoms with Gasteiger partial charge in [-0.05, 0) is 36.2 Å². The molecule has 6 nitrogen and oxygen atoms in total. The zero-order valence-corrected chi connectivity index (χ0v) is 17.4. The zero-order chi connectivity index (χ0) is 22.0. The van der Waals surface area contributed by atoms with Gasteiger partial charge in [0, 0.05) is 17.1 Å². The van der Waals surface area contributed by atoms with Crippen molar-refractivity contribution in [1.29, 1.82) is 0 Å². The number of aliphatic hydroxyl groups is 1. The fourth-order valence-electron chi connectivity index (χ4n) is 3.43. The van der Waals surface area contributed by atoms with Crippen LogP contribution in [0.1, 0.15) is 30.5 Å². The maximum Gasteiger partial charge on any atom is 0.301 e. The Morgan fingerprint density at radius 1 is 1.23 bits per heavy atom. The van der Waals surface area contributed by atoms with Crippen LogP contribution in [0.4, 0.5) is 9.52 Å². The maximum absolute atomic E-state index is 13.5. The van der Waals surface area contributed by atoms with E-state index in [1.807, 2.05) is 6.92 Å². The van der Waals surface area contributed by atoms with Gasteiger partial charge in [0.15, 0.2) is 5.13 Å². The maximum atomic E-state index is 13.5. The van der Waals surface area contributed by atoms with E-state index in [2.05, 4.69) is 4.98 Å². The van der Waals surface area contributed by atoms with Crippen LogP contribution in [-0.4, -0.2) is 28.4 Å². The molecule has 0 bridgehead atoms. The Balaban J connectivity index is 1.86. The number of carbonyl (C=O) groups excluding carboxylic acids is 2. The summed E-state index contributed by atoms with van der Waals surface area (Å²) in [6.07, 6.45) is 2.34. The minimum atomic E-state index is -0.938. The number of benzene rings is 2. The highest BCUT2D eigenvalue weighted by Gasteiger charge is 2.47. The SMILES string of the molecule is CCCOc1cccc(C(O)=C2C(=O)C(=O)N(c3nccs3)C2c2ccc(F)cc2)c1. The fraction of sp³-hybridized carbons (Fsp3) is 0.174. The summed E-state index contributed by atoms with van der Waals surface area (Å²) >= 11 is 1.19. The summed E-state index contributed by atoms with van der Waals surface area (Å²) in [6, 6.07) is 11.2. The van der Waals surface area contributed by atoms with E-state index in [-0.39, 0.29) is 11.3 Å². The highest BCUT2D eigenvalue weighted by Crippen LogP contribution is 2.42. The molecule has 1 N–H and O–H groups in total. The van der Waals surface area contributed by atoms with Gasteiger partial charge in [0.2, 0.25) is 0 Å². The number of carbonyl (C=O) groups is 2. The Bertz CT molecular complexity index is 1140. The van der Waals surface area contributed by atoms with Crippen LogP contribution < -0.4 is 9.64 Å². The molecule has 1 aromatic heterocycles. The normalized spacial score (nSPS) is 17.9. The molecule has 4 rings (SSSR count). The van der Waals surface area contributed by atoms with Crippen molar-refractivity contribution in [1.82, 2.24) is 4.98 Å². The summed E-state index contributed by atoms with van der Waals surface area (Å²) in [4.78, 5) is 31.3. The molecule has 158 valence electrons. The van der Waals surface area contributed by atoms with Crippen LogP contribution in [-0.2, 0) is 9.59 Å². The Hall–Kier alpha value is -3.52. The van der Waals surface area contributed by atoms with Crippen molar-refractivity contribution in [3.05, 3.63) is 82.6 Å². The van der Waals surface area contributed by atoms with E-state index in [9.17, 15) is 19.1 Å². The minimum Gasteiger partial charge on any atom is -0.507 e. The summed E-state index contributed by atoms with van der Waals surface area (Å²) in [5.41, 5.74) is 0.744. The number of anilines is 1. The van der Waals surface area contributed by atoms with Gasteiger partial charge in [0.25, 0.3) is 5.78 Å². The first-order chi connectivity index (χ1) is 15.0. The van der Waals surface area contributed by atoms with Crippen molar-refractivity contribution >= 4 is 33.9 Å². The van der Waals surface area contributed by atoms with Crippen molar-refractivity contribution in [2.24, 2.45) is 0 Å². The molecule has 1 atom stereocenters. The Labute approximate surface area is 182 Å². The number of hydrogen-bond donors (Lipinski definition) is 1. The number of thiazole rings is 1. The van der Waals surface area contributed by atoms with Gasteiger partial charge >= 0.3 is 5.91 Å². The first-order valence-corrected chi connectivity index (χ1v) is 10.6. The van der Waals surface area contributed by atoms with Crippen molar-refractivity contribution < 1.29 is 23.8 Å². The molecule has 31 heavy (non-hydrogen) atoms. The standard InChI is InChI=1S/C23H19FN2O4S/c1-2-11-30-17-5-3-4-15(13-17)20(27)18-19(14-6-8-16(24)9-7-14)26(22(29)21(18)28)23-25-10-12-31-23/h3-10,12-13,19,27H,2,11H2,1H3. The molecule has 0 spiro atoms. The second-order valence-corrected chi connectivity index (χ2v) is 7.78. The lowest BCUT2D eigenvalue weighted by Crippen LogP contribution is -2.29. The summed E-state index contributed by atoms with van der Waals surface area (Å²) in [6.45, 7) is 2.49. The van der Waals surface area contributed by atoms with Gasteiger partial charge in [-0.15, -0.1) is 11.3 Å². The molecular weight excluding hydrogens is 419 g/mol. The molecule has 1 amide bonds. The highest BCUT2D eigenvalue weighted by molar-refractivity contribution is 7.14. The number of rotatable bonds is 6. The summed E-state index contributed by atoms with van der Waals surface area (Å²) in [7, 11) is 0. The Morgan fingerprint density at radius 2 is 2.00 bits per heavy atom. The molecule has 1 saturated heterocycles. The smallest absolute Gasteiger partial charge is 0.301 e. The third-order valence-corrected chi connectivity index (χ3v) is 5.61. The number of Topliss-reactive ketones (excluding diaryl/α,β-unsaturated/α-hetero) is 1. The van der Waals surface area contributed by atoms with Gasteiger partial charge in [-0.2, -0.15) is 0 Å². The van der Waals surface area contributed by atoms with Gasteiger partial charge in [0.1, 0.15) is 17.3 Å². The molecule has 2 heterocycles. The van der Waals surface area contributed by atoms with Crippen molar-refractivity contribution in [3.8, 4) is 5.75 Å². The zero-order valence-electron chi connectivity index (χ0n) is 16.6. The summed E-state index contributed by atoms with van der Waals surface area (Å²) in [5.74, 6) is -1.87. The second kappa shape index (κ2) is 8.69. The molecule has 0 saturated carbocycles. The van der Waals surface area contributed by atoms with E-state index in [0.29, 0.717) is 28.6 Å². The predicted octanol–water partition coefficient (Wildman–Crippen LogP) is 4.70. The van der Waals surface area contributed by atoms with Gasteiger partial charge < -0.3 is 9.84 Å². The summed E-state index contributed by atoms with van der Waals surface area (Å²) in [5, 5.41) is 13.1. The lowest BCUT2D eigenvalue weighted by Gasteiger charge is -2.23. The third kappa shape index (κ3) is 3.94. The van der Waals surface area contributed by atoms with Crippen molar-refractivity contribution in [2.45, 2.75) is 19.4 Å². The quantitative estimate of drug-likeness (QED) is 0.343. The molecule has 3 aromatic rings. The number of amides is 1. The second-order valence-electron chi connectivity index (χ2n) is 6.91. The van der Waals surface area contributed by atoms with Crippen LogP contribution in [0.15, 0.2) is 65.7 Å². The Kier molecular flexibility index (Phi) is 5.81. The monoisotopic (exact) mass is 438 g/mol. The largest absolute Gasteiger partial charge is 0.507 e. The van der Waals surface area contributed by atoms with E-state index < -0.39 is 23.5 Å². The number of ether oxygens (including phenoxy) is 1. The van der Waals surface area contributed by atoms with E-state index in [1.165, 1.54) is 46.7 Å². The topological polar surface area (TPSA) is 79.7 Å². The van der Waals surface area contributed by atoms with Gasteiger partial charge in [-0.25, -0.2) is 9.37 Å². The van der Waals surface area contributed by atoms with Crippen LogP contribution in [0.25, 0.3) is 5.76 Å². The lowest BCUT2D eigenvalue weighted by molar-refractivity contribution is -0.132. The molecule has 1 aliphatic heterocycles. The first-order valence-electron chi connectivity index (χ1n) is 9.70.